The molecule has 0 fully saturated rings. The average molecular weight is 316 g/mol. The quantitative estimate of drug-likeness (QED) is 0.840. The van der Waals surface area contributed by atoms with Crippen molar-refractivity contribution in [3.8, 4) is 5.75 Å². The fourth-order valence-electron chi connectivity index (χ4n) is 1.75. The lowest BCUT2D eigenvalue weighted by Gasteiger charge is -2.20. The van der Waals surface area contributed by atoms with Crippen LogP contribution >= 0.6 is 15.9 Å². The molecular formula is C13H18BrNO3. The van der Waals surface area contributed by atoms with Gasteiger partial charge in [0.2, 0.25) is 0 Å². The van der Waals surface area contributed by atoms with E-state index in [1.807, 2.05) is 30.0 Å². The average Bonchev–Trinajstić information content (AvgIpc) is 2.31. The zero-order chi connectivity index (χ0) is 13.5. The Morgan fingerprint density at radius 3 is 2.72 bits per heavy atom. The van der Waals surface area contributed by atoms with Crippen molar-refractivity contribution in [3.63, 3.8) is 0 Å². The van der Waals surface area contributed by atoms with Crippen LogP contribution in [0.25, 0.3) is 0 Å². The third-order valence-corrected chi connectivity index (χ3v) is 3.29. The first-order chi connectivity index (χ1) is 8.56. The molecule has 5 heteroatoms. The third-order valence-electron chi connectivity index (χ3n) is 2.55. The molecule has 0 saturated heterocycles. The molecule has 0 aliphatic heterocycles. The number of carbonyl (C=O) groups is 1. The highest BCUT2D eigenvalue weighted by molar-refractivity contribution is 9.10. The molecule has 1 aromatic rings. The number of hydrogen-bond donors (Lipinski definition) is 1. The summed E-state index contributed by atoms with van der Waals surface area (Å²) in [5, 5.41) is 8.87. The van der Waals surface area contributed by atoms with Crippen molar-refractivity contribution in [1.29, 1.82) is 0 Å². The van der Waals surface area contributed by atoms with E-state index in [0.29, 0.717) is 6.54 Å². The Balaban J connectivity index is 2.76. The van der Waals surface area contributed by atoms with Crippen molar-refractivity contribution >= 4 is 21.9 Å². The van der Waals surface area contributed by atoms with Gasteiger partial charge in [0.15, 0.2) is 0 Å². The van der Waals surface area contributed by atoms with Crippen LogP contribution in [0.4, 0.5) is 0 Å². The van der Waals surface area contributed by atoms with Gasteiger partial charge in [0.25, 0.3) is 0 Å². The zero-order valence-electron chi connectivity index (χ0n) is 10.6. The van der Waals surface area contributed by atoms with Crippen LogP contribution in [0.1, 0.15) is 18.9 Å². The monoisotopic (exact) mass is 315 g/mol. The predicted octanol–water partition coefficient (Wildman–Crippen LogP) is 2.75. The number of carboxylic acid groups (broad SMARTS) is 1. The Bertz CT molecular complexity index is 409. The van der Waals surface area contributed by atoms with E-state index in [4.69, 9.17) is 9.84 Å². The lowest BCUT2D eigenvalue weighted by molar-refractivity contribution is -0.138. The zero-order valence-corrected chi connectivity index (χ0v) is 12.2. The summed E-state index contributed by atoms with van der Waals surface area (Å²) >= 11 is 3.48. The topological polar surface area (TPSA) is 49.8 Å². The van der Waals surface area contributed by atoms with E-state index < -0.39 is 5.97 Å². The van der Waals surface area contributed by atoms with Gasteiger partial charge in [0, 0.05) is 11.0 Å². The molecule has 18 heavy (non-hydrogen) atoms. The number of methoxy groups -OCH3 is 1. The molecule has 0 amide bonds. The van der Waals surface area contributed by atoms with Gasteiger partial charge in [-0.1, -0.05) is 28.9 Å². The molecule has 0 heterocycles. The summed E-state index contributed by atoms with van der Waals surface area (Å²) in [4.78, 5) is 12.7. The third kappa shape index (κ3) is 4.66. The van der Waals surface area contributed by atoms with Gasteiger partial charge >= 0.3 is 5.97 Å². The molecule has 1 rings (SSSR count). The van der Waals surface area contributed by atoms with Gasteiger partial charge in [-0.3, -0.25) is 9.69 Å². The summed E-state index contributed by atoms with van der Waals surface area (Å²) in [7, 11) is 1.62. The van der Waals surface area contributed by atoms with E-state index >= 15 is 0 Å². The second-order valence-electron chi connectivity index (χ2n) is 4.06. The number of benzene rings is 1. The Labute approximate surface area is 116 Å². The fraction of sp³-hybridized carbons (Fsp3) is 0.462. The maximum Gasteiger partial charge on any atom is 0.317 e. The first-order valence-electron chi connectivity index (χ1n) is 5.83. The molecule has 0 spiro atoms. The molecule has 0 aliphatic carbocycles. The number of nitrogens with zero attached hydrogens (tertiary/aromatic N) is 1. The van der Waals surface area contributed by atoms with Crippen LogP contribution in [0.3, 0.4) is 0 Å². The van der Waals surface area contributed by atoms with Crippen LogP contribution in [0.15, 0.2) is 22.7 Å². The summed E-state index contributed by atoms with van der Waals surface area (Å²) in [6.45, 7) is 3.49. The minimum atomic E-state index is -0.798. The van der Waals surface area contributed by atoms with Crippen molar-refractivity contribution in [2.75, 3.05) is 20.2 Å². The maximum atomic E-state index is 10.8. The highest BCUT2D eigenvalue weighted by Crippen LogP contribution is 2.24. The summed E-state index contributed by atoms with van der Waals surface area (Å²) < 4.78 is 6.07. The van der Waals surface area contributed by atoms with Crippen LogP contribution in [0.2, 0.25) is 0 Å². The van der Waals surface area contributed by atoms with E-state index in [9.17, 15) is 4.79 Å². The molecule has 1 aromatic carbocycles. The number of carboxylic acids is 1. The fourth-order valence-corrected chi connectivity index (χ4v) is 2.23. The molecule has 0 radical (unpaired) electrons. The Morgan fingerprint density at radius 1 is 1.50 bits per heavy atom. The van der Waals surface area contributed by atoms with Crippen LogP contribution in [0, 0.1) is 0 Å². The molecule has 1 N–H and O–H groups in total. The lowest BCUT2D eigenvalue weighted by atomic mass is 10.2. The molecule has 0 saturated carbocycles. The van der Waals surface area contributed by atoms with Crippen molar-refractivity contribution in [2.45, 2.75) is 19.9 Å². The first-order valence-corrected chi connectivity index (χ1v) is 6.62. The van der Waals surface area contributed by atoms with Gasteiger partial charge in [-0.05, 0) is 30.7 Å². The van der Waals surface area contributed by atoms with Gasteiger partial charge in [0.05, 0.1) is 13.7 Å². The van der Waals surface area contributed by atoms with Crippen LogP contribution in [0.5, 0.6) is 5.75 Å². The summed E-state index contributed by atoms with van der Waals surface area (Å²) in [5.41, 5.74) is 1.06. The molecule has 0 bridgehead atoms. The molecule has 100 valence electrons. The van der Waals surface area contributed by atoms with Gasteiger partial charge in [-0.2, -0.15) is 0 Å². The maximum absolute atomic E-state index is 10.8. The Morgan fingerprint density at radius 2 is 2.22 bits per heavy atom. The van der Waals surface area contributed by atoms with Crippen molar-refractivity contribution in [1.82, 2.24) is 4.90 Å². The molecule has 0 atom stereocenters. The first kappa shape index (κ1) is 15.0. The van der Waals surface area contributed by atoms with E-state index in [2.05, 4.69) is 15.9 Å². The van der Waals surface area contributed by atoms with E-state index in [-0.39, 0.29) is 6.54 Å². The largest absolute Gasteiger partial charge is 0.497 e. The van der Waals surface area contributed by atoms with Gasteiger partial charge in [0.1, 0.15) is 5.75 Å². The van der Waals surface area contributed by atoms with Crippen LogP contribution in [-0.4, -0.2) is 36.2 Å². The normalized spacial score (nSPS) is 10.7. The van der Waals surface area contributed by atoms with E-state index in [1.165, 1.54) is 0 Å². The molecule has 0 aromatic heterocycles. The number of halogens is 1. The van der Waals surface area contributed by atoms with Crippen molar-refractivity contribution < 1.29 is 14.6 Å². The van der Waals surface area contributed by atoms with Gasteiger partial charge < -0.3 is 9.84 Å². The number of ether oxygens (including phenoxy) is 1. The van der Waals surface area contributed by atoms with Crippen LogP contribution in [-0.2, 0) is 11.3 Å². The van der Waals surface area contributed by atoms with Gasteiger partial charge in [-0.15, -0.1) is 0 Å². The second kappa shape index (κ2) is 7.38. The molecule has 0 unspecified atom stereocenters. The summed E-state index contributed by atoms with van der Waals surface area (Å²) in [5.74, 6) is -0.0148. The summed E-state index contributed by atoms with van der Waals surface area (Å²) in [6, 6.07) is 5.72. The second-order valence-corrected chi connectivity index (χ2v) is 4.92. The highest BCUT2D eigenvalue weighted by Gasteiger charge is 2.11. The minimum Gasteiger partial charge on any atom is -0.497 e. The Hall–Kier alpha value is -1.07. The minimum absolute atomic E-state index is 0.0618. The predicted molar refractivity (Wildman–Crippen MR) is 73.9 cm³/mol. The van der Waals surface area contributed by atoms with Crippen LogP contribution < -0.4 is 4.74 Å². The molecule has 4 nitrogen and oxygen atoms in total. The van der Waals surface area contributed by atoms with E-state index in [0.717, 1.165) is 28.8 Å². The van der Waals surface area contributed by atoms with Crippen molar-refractivity contribution in [2.24, 2.45) is 0 Å². The number of rotatable bonds is 7. The SMILES string of the molecule is CCCN(CC(=O)O)Cc1ccc(OC)cc1Br. The van der Waals surface area contributed by atoms with E-state index in [1.54, 1.807) is 7.11 Å². The summed E-state index contributed by atoms with van der Waals surface area (Å²) in [6.07, 6.45) is 0.932. The molecule has 0 aliphatic rings. The Kier molecular flexibility index (Phi) is 6.15. The van der Waals surface area contributed by atoms with Crippen molar-refractivity contribution in [3.05, 3.63) is 28.2 Å². The lowest BCUT2D eigenvalue weighted by Crippen LogP contribution is -2.30. The smallest absolute Gasteiger partial charge is 0.317 e. The molecular weight excluding hydrogens is 298 g/mol. The van der Waals surface area contributed by atoms with Gasteiger partial charge in [-0.25, -0.2) is 0 Å². The highest BCUT2D eigenvalue weighted by atomic mass is 79.9. The number of hydrogen-bond acceptors (Lipinski definition) is 3. The number of aliphatic carboxylic acids is 1. The standard InChI is InChI=1S/C13H18BrNO3/c1-3-6-15(9-13(16)17)8-10-4-5-11(18-2)7-12(10)14/h4-5,7H,3,6,8-9H2,1-2H3,(H,16,17).